The van der Waals surface area contributed by atoms with Gasteiger partial charge in [0.25, 0.3) is 5.91 Å². The molecule has 3 heterocycles. The van der Waals surface area contributed by atoms with Crippen molar-refractivity contribution in [1.82, 2.24) is 35.6 Å². The number of hydrogen-bond acceptors (Lipinski definition) is 9. The maximum atomic E-state index is 13.2. The molecule has 160 valence electrons. The number of rotatable bonds is 5. The minimum absolute atomic E-state index is 0.0273. The van der Waals surface area contributed by atoms with Gasteiger partial charge in [-0.1, -0.05) is 35.9 Å². The summed E-state index contributed by atoms with van der Waals surface area (Å²) < 4.78 is 5.96. The number of fused-ring (bicyclic) bond motifs is 1. The quantitative estimate of drug-likeness (QED) is 0.587. The maximum absolute atomic E-state index is 13.2. The van der Waals surface area contributed by atoms with E-state index in [1.54, 1.807) is 0 Å². The normalized spacial score (nSPS) is 17.7. The molecule has 1 aromatic carbocycles. The highest BCUT2D eigenvalue weighted by Crippen LogP contribution is 2.22. The first-order chi connectivity index (χ1) is 15.2. The SMILES string of the molecule is Nc1nonc1-n1nnc(CN2CCCCC2)c1C(=O)N/N=C1/CCc2ccccc21. The lowest BCUT2D eigenvalue weighted by atomic mass is 10.1. The van der Waals surface area contributed by atoms with Gasteiger partial charge in [-0.3, -0.25) is 9.69 Å². The van der Waals surface area contributed by atoms with Gasteiger partial charge >= 0.3 is 0 Å². The highest BCUT2D eigenvalue weighted by Gasteiger charge is 2.27. The molecule has 1 fully saturated rings. The molecule has 0 saturated carbocycles. The Morgan fingerprint density at radius 1 is 1.16 bits per heavy atom. The van der Waals surface area contributed by atoms with Crippen LogP contribution in [0, 0.1) is 0 Å². The van der Waals surface area contributed by atoms with Crippen LogP contribution in [0.2, 0.25) is 0 Å². The second-order valence-electron chi connectivity index (χ2n) is 7.76. The van der Waals surface area contributed by atoms with Gasteiger partial charge in [-0.25, -0.2) is 10.1 Å². The third kappa shape index (κ3) is 3.79. The van der Waals surface area contributed by atoms with E-state index >= 15 is 0 Å². The fourth-order valence-electron chi connectivity index (χ4n) is 4.16. The molecule has 31 heavy (non-hydrogen) atoms. The zero-order valence-corrected chi connectivity index (χ0v) is 17.0. The van der Waals surface area contributed by atoms with Gasteiger partial charge in [0.1, 0.15) is 5.69 Å². The Morgan fingerprint density at radius 2 is 2.00 bits per heavy atom. The van der Waals surface area contributed by atoms with Crippen molar-refractivity contribution in [2.45, 2.75) is 38.6 Å². The standard InChI is InChI=1S/C20H23N9O2/c21-18-19(26-31-25-18)29-17(16(23-27-29)12-28-10-4-1-5-11-28)20(30)24-22-15-9-8-13-6-2-3-7-14(13)15/h2-3,6-7H,1,4-5,8-12H2,(H2,21,25)(H,24,30)/b22-15-. The molecule has 2 aromatic heterocycles. The van der Waals surface area contributed by atoms with E-state index in [0.29, 0.717) is 12.2 Å². The lowest BCUT2D eigenvalue weighted by Crippen LogP contribution is -2.31. The molecule has 1 amide bonds. The van der Waals surface area contributed by atoms with Crippen molar-refractivity contribution in [3.63, 3.8) is 0 Å². The Bertz CT molecular complexity index is 1130. The Hall–Kier alpha value is -3.60. The molecule has 0 unspecified atom stereocenters. The molecule has 3 N–H and O–H groups in total. The average molecular weight is 421 g/mol. The zero-order valence-electron chi connectivity index (χ0n) is 17.0. The third-order valence-corrected chi connectivity index (χ3v) is 5.73. The summed E-state index contributed by atoms with van der Waals surface area (Å²) in [5, 5.41) is 20.1. The number of aryl methyl sites for hydroxylation is 1. The summed E-state index contributed by atoms with van der Waals surface area (Å²) in [4.78, 5) is 15.5. The molecule has 3 aromatic rings. The lowest BCUT2D eigenvalue weighted by Gasteiger charge is -2.25. The van der Waals surface area contributed by atoms with Gasteiger partial charge < -0.3 is 5.73 Å². The van der Waals surface area contributed by atoms with Crippen LogP contribution >= 0.6 is 0 Å². The first-order valence-electron chi connectivity index (χ1n) is 10.4. The average Bonchev–Trinajstić information content (AvgIpc) is 3.51. The second-order valence-corrected chi connectivity index (χ2v) is 7.76. The fraction of sp³-hybridized carbons (Fsp3) is 0.400. The molecule has 1 aliphatic carbocycles. The predicted molar refractivity (Wildman–Crippen MR) is 112 cm³/mol. The molecule has 0 bridgehead atoms. The number of hydrogen-bond donors (Lipinski definition) is 2. The Kier molecular flexibility index (Phi) is 5.16. The highest BCUT2D eigenvalue weighted by molar-refractivity contribution is 6.05. The number of aromatic nitrogens is 5. The number of hydrazone groups is 1. The van der Waals surface area contributed by atoms with Crippen molar-refractivity contribution in [3.8, 4) is 5.82 Å². The molecule has 1 saturated heterocycles. The zero-order chi connectivity index (χ0) is 21.2. The van der Waals surface area contributed by atoms with Gasteiger partial charge in [0.05, 0.1) is 5.71 Å². The number of benzene rings is 1. The van der Waals surface area contributed by atoms with Crippen LogP contribution < -0.4 is 11.2 Å². The number of nitrogens with one attached hydrogen (secondary N) is 1. The molecular weight excluding hydrogens is 398 g/mol. The summed E-state index contributed by atoms with van der Waals surface area (Å²) in [6.45, 7) is 2.43. The molecule has 0 radical (unpaired) electrons. The molecule has 2 aliphatic rings. The van der Waals surface area contributed by atoms with E-state index in [-0.39, 0.29) is 17.3 Å². The summed E-state index contributed by atoms with van der Waals surface area (Å²) in [6.07, 6.45) is 5.16. The Morgan fingerprint density at radius 3 is 2.81 bits per heavy atom. The van der Waals surface area contributed by atoms with E-state index in [1.165, 1.54) is 16.7 Å². The van der Waals surface area contributed by atoms with Gasteiger partial charge in [0, 0.05) is 12.1 Å². The van der Waals surface area contributed by atoms with Crippen LogP contribution in [0.25, 0.3) is 5.82 Å². The molecular formula is C20H23N9O2. The van der Waals surface area contributed by atoms with Gasteiger partial charge in [0.15, 0.2) is 5.69 Å². The monoisotopic (exact) mass is 421 g/mol. The van der Waals surface area contributed by atoms with E-state index in [0.717, 1.165) is 50.0 Å². The van der Waals surface area contributed by atoms with Crippen molar-refractivity contribution >= 4 is 17.4 Å². The van der Waals surface area contributed by atoms with Crippen molar-refractivity contribution < 1.29 is 9.42 Å². The van der Waals surface area contributed by atoms with Crippen molar-refractivity contribution in [3.05, 3.63) is 46.8 Å². The van der Waals surface area contributed by atoms with E-state index in [2.05, 4.69) is 42.1 Å². The number of nitrogens with zero attached hydrogens (tertiary/aromatic N) is 7. The number of carbonyl (C=O) groups is 1. The van der Waals surface area contributed by atoms with Crippen LogP contribution in [0.15, 0.2) is 34.0 Å². The number of nitrogens with two attached hydrogens (primary N) is 1. The molecule has 1 aliphatic heterocycles. The number of piperidine rings is 1. The third-order valence-electron chi connectivity index (χ3n) is 5.73. The fourth-order valence-corrected chi connectivity index (χ4v) is 4.16. The first-order valence-corrected chi connectivity index (χ1v) is 10.4. The van der Waals surface area contributed by atoms with Gasteiger partial charge in [0.2, 0.25) is 11.6 Å². The molecule has 0 atom stereocenters. The Labute approximate surface area is 178 Å². The van der Waals surface area contributed by atoms with E-state index in [1.807, 2.05) is 18.2 Å². The summed E-state index contributed by atoms with van der Waals surface area (Å²) in [6, 6.07) is 8.07. The van der Waals surface area contributed by atoms with Gasteiger partial charge in [-0.05, 0) is 54.6 Å². The van der Waals surface area contributed by atoms with Crippen LogP contribution in [0.1, 0.15) is 53.0 Å². The summed E-state index contributed by atoms with van der Waals surface area (Å²) in [5.74, 6) is -0.280. The van der Waals surface area contributed by atoms with Crippen molar-refractivity contribution in [2.75, 3.05) is 18.8 Å². The van der Waals surface area contributed by atoms with Crippen LogP contribution in [0.5, 0.6) is 0 Å². The number of likely N-dealkylation sites (tertiary alicyclic amines) is 1. The van der Waals surface area contributed by atoms with Crippen molar-refractivity contribution in [2.24, 2.45) is 5.10 Å². The number of nitrogen functional groups attached to an aromatic ring is 1. The number of carbonyl (C=O) groups excluding carboxylic acids is 1. The van der Waals surface area contributed by atoms with E-state index < -0.39 is 5.91 Å². The molecule has 5 rings (SSSR count). The van der Waals surface area contributed by atoms with Crippen LogP contribution in [0.4, 0.5) is 5.82 Å². The minimum Gasteiger partial charge on any atom is -0.378 e. The summed E-state index contributed by atoms with van der Waals surface area (Å²) >= 11 is 0. The molecule has 0 spiro atoms. The van der Waals surface area contributed by atoms with Gasteiger partial charge in [-0.2, -0.15) is 9.78 Å². The summed E-state index contributed by atoms with van der Waals surface area (Å²) in [7, 11) is 0. The van der Waals surface area contributed by atoms with E-state index in [9.17, 15) is 4.79 Å². The van der Waals surface area contributed by atoms with Gasteiger partial charge in [-0.15, -0.1) is 5.10 Å². The first kappa shape index (κ1) is 19.4. The maximum Gasteiger partial charge on any atom is 0.292 e. The highest BCUT2D eigenvalue weighted by atomic mass is 16.6. The van der Waals surface area contributed by atoms with Crippen LogP contribution in [-0.4, -0.2) is 54.9 Å². The largest absolute Gasteiger partial charge is 0.378 e. The smallest absolute Gasteiger partial charge is 0.292 e. The number of anilines is 1. The summed E-state index contributed by atoms with van der Waals surface area (Å²) in [5.41, 5.74) is 12.4. The van der Waals surface area contributed by atoms with Crippen molar-refractivity contribution in [1.29, 1.82) is 0 Å². The van der Waals surface area contributed by atoms with Crippen LogP contribution in [0.3, 0.4) is 0 Å². The predicted octanol–water partition coefficient (Wildman–Crippen LogP) is 1.30. The minimum atomic E-state index is -0.434. The Balaban J connectivity index is 1.44. The number of amides is 1. The van der Waals surface area contributed by atoms with Crippen LogP contribution in [-0.2, 0) is 13.0 Å². The molecule has 11 heteroatoms. The van der Waals surface area contributed by atoms with E-state index in [4.69, 9.17) is 10.4 Å². The molecule has 11 nitrogen and oxygen atoms in total. The lowest BCUT2D eigenvalue weighted by molar-refractivity contribution is 0.0944. The topological polar surface area (TPSA) is 140 Å². The second kappa shape index (κ2) is 8.26.